The van der Waals surface area contributed by atoms with Gasteiger partial charge in [0.05, 0.1) is 6.21 Å². The zero-order chi connectivity index (χ0) is 10.8. The van der Waals surface area contributed by atoms with E-state index in [1.165, 1.54) is 25.7 Å². The first kappa shape index (κ1) is 12.1. The first-order chi connectivity index (χ1) is 6.33. The van der Waals surface area contributed by atoms with Crippen molar-refractivity contribution in [3.8, 4) is 0 Å². The highest BCUT2D eigenvalue weighted by Gasteiger charge is 2.30. The third-order valence-electron chi connectivity index (χ3n) is 2.73. The molecule has 0 amide bonds. The molecular formula is C11H21NOS. The molecule has 1 saturated carbocycles. The molecule has 0 aliphatic heterocycles. The average Bonchev–Trinajstić information content (AvgIpc) is 2.47. The maximum absolute atomic E-state index is 11.7. The topological polar surface area (TPSA) is 35.4 Å². The molecule has 1 aliphatic carbocycles. The number of rotatable bonds is 2. The van der Waals surface area contributed by atoms with E-state index < -0.39 is 11.4 Å². The van der Waals surface area contributed by atoms with E-state index in [0.29, 0.717) is 0 Å². The summed E-state index contributed by atoms with van der Waals surface area (Å²) in [5.74, 6) is 0. The van der Waals surface area contributed by atoms with Crippen molar-refractivity contribution in [3.05, 3.63) is 0 Å². The van der Waals surface area contributed by atoms with Crippen LogP contribution in [-0.4, -0.2) is 15.5 Å². The molecule has 0 aromatic rings. The first-order valence-corrected chi connectivity index (χ1v) is 6.41. The van der Waals surface area contributed by atoms with E-state index in [9.17, 15) is 4.55 Å². The molecule has 0 N–H and O–H groups in total. The monoisotopic (exact) mass is 215 g/mol. The molecule has 3 heteroatoms. The van der Waals surface area contributed by atoms with Crippen molar-refractivity contribution in [1.82, 2.24) is 0 Å². The van der Waals surface area contributed by atoms with Crippen LogP contribution in [0.4, 0.5) is 0 Å². The van der Waals surface area contributed by atoms with Crippen molar-refractivity contribution in [2.45, 2.75) is 58.1 Å². The van der Waals surface area contributed by atoms with Crippen LogP contribution in [0.15, 0.2) is 4.40 Å². The van der Waals surface area contributed by atoms with Gasteiger partial charge in [-0.2, -0.15) is 0 Å². The molecule has 1 rings (SSSR count). The predicted octanol–water partition coefficient (Wildman–Crippen LogP) is 3.10. The summed E-state index contributed by atoms with van der Waals surface area (Å²) in [6, 6.07) is 0. The fourth-order valence-corrected chi connectivity index (χ4v) is 2.31. The van der Waals surface area contributed by atoms with Crippen molar-refractivity contribution in [3.63, 3.8) is 0 Å². The Kier molecular flexibility index (Phi) is 3.64. The molecule has 0 radical (unpaired) electrons. The normalized spacial score (nSPS) is 24.4. The summed E-state index contributed by atoms with van der Waals surface area (Å²) in [5, 5.41) is 0. The van der Waals surface area contributed by atoms with E-state index >= 15 is 0 Å². The van der Waals surface area contributed by atoms with Crippen LogP contribution < -0.4 is 0 Å². The lowest BCUT2D eigenvalue weighted by molar-refractivity contribution is 0.499. The van der Waals surface area contributed by atoms with Crippen LogP contribution >= 0.6 is 0 Å². The van der Waals surface area contributed by atoms with Gasteiger partial charge < -0.3 is 4.55 Å². The second kappa shape index (κ2) is 4.23. The number of hydrogen-bond donors (Lipinski definition) is 0. The van der Waals surface area contributed by atoms with Crippen LogP contribution in [0.2, 0.25) is 0 Å². The van der Waals surface area contributed by atoms with Crippen LogP contribution in [0, 0.1) is 5.41 Å². The molecular weight excluding hydrogens is 194 g/mol. The molecule has 1 fully saturated rings. The van der Waals surface area contributed by atoms with Crippen LogP contribution in [0.1, 0.15) is 53.4 Å². The van der Waals surface area contributed by atoms with Gasteiger partial charge in [0.25, 0.3) is 0 Å². The average molecular weight is 215 g/mol. The van der Waals surface area contributed by atoms with Gasteiger partial charge in [0.15, 0.2) is 0 Å². The van der Waals surface area contributed by atoms with Gasteiger partial charge in [-0.05, 0) is 33.6 Å². The fraction of sp³-hybridized carbons (Fsp3) is 0.909. The quantitative estimate of drug-likeness (QED) is 0.515. The van der Waals surface area contributed by atoms with Gasteiger partial charge in [-0.15, -0.1) is 0 Å². The maximum Gasteiger partial charge on any atom is 0.144 e. The van der Waals surface area contributed by atoms with Crippen molar-refractivity contribution in [2.24, 2.45) is 9.81 Å². The van der Waals surface area contributed by atoms with E-state index in [1.54, 1.807) is 0 Å². The van der Waals surface area contributed by atoms with Crippen molar-refractivity contribution in [2.75, 3.05) is 0 Å². The summed E-state index contributed by atoms with van der Waals surface area (Å²) in [6.07, 6.45) is 6.88. The first-order valence-electron chi connectivity index (χ1n) is 5.31. The summed E-state index contributed by atoms with van der Waals surface area (Å²) in [7, 11) is 0. The Morgan fingerprint density at radius 2 is 1.79 bits per heavy atom. The Balaban J connectivity index is 2.54. The number of nitrogens with zero attached hydrogens (tertiary/aromatic N) is 1. The number of hydrogen-bond acceptors (Lipinski definition) is 2. The zero-order valence-electron chi connectivity index (χ0n) is 9.67. The minimum Gasteiger partial charge on any atom is -0.591 e. The van der Waals surface area contributed by atoms with E-state index in [1.807, 2.05) is 27.0 Å². The van der Waals surface area contributed by atoms with Crippen molar-refractivity contribution < 1.29 is 4.55 Å². The molecule has 1 aliphatic rings. The summed E-state index contributed by atoms with van der Waals surface area (Å²) < 4.78 is 15.6. The smallest absolute Gasteiger partial charge is 0.144 e. The maximum atomic E-state index is 11.7. The minimum absolute atomic E-state index is 0.209. The van der Waals surface area contributed by atoms with Crippen LogP contribution in [-0.2, 0) is 11.4 Å². The Bertz CT molecular complexity index is 214. The highest BCUT2D eigenvalue weighted by Crippen LogP contribution is 2.36. The Morgan fingerprint density at radius 1 is 1.29 bits per heavy atom. The third-order valence-corrected chi connectivity index (χ3v) is 4.07. The van der Waals surface area contributed by atoms with E-state index in [2.05, 4.69) is 11.3 Å². The molecule has 1 atom stereocenters. The standard InChI is InChI=1S/C11H21NOS/c1-10(2,3)14(13)12-9-11(4)7-5-6-8-11/h9H,5-8H2,1-4H3. The molecule has 0 heterocycles. The Hall–Kier alpha value is -0.0200. The van der Waals surface area contributed by atoms with Crippen molar-refractivity contribution in [1.29, 1.82) is 0 Å². The van der Waals surface area contributed by atoms with Gasteiger partial charge in [0, 0.05) is 5.41 Å². The van der Waals surface area contributed by atoms with Gasteiger partial charge in [-0.25, -0.2) is 0 Å². The highest BCUT2D eigenvalue weighted by atomic mass is 32.2. The largest absolute Gasteiger partial charge is 0.591 e. The SMILES string of the molecule is CC1(C=N[S+]([O-])C(C)(C)C)CCCC1. The molecule has 0 aromatic heterocycles. The third kappa shape index (κ3) is 3.28. The van der Waals surface area contributed by atoms with Crippen LogP contribution in [0.25, 0.3) is 0 Å². The second-order valence-corrected chi connectivity index (χ2v) is 7.39. The summed E-state index contributed by atoms with van der Waals surface area (Å²) in [6.45, 7) is 8.08. The molecule has 0 spiro atoms. The van der Waals surface area contributed by atoms with Crippen LogP contribution in [0.3, 0.4) is 0 Å². The fourth-order valence-electron chi connectivity index (χ4n) is 1.64. The lowest BCUT2D eigenvalue weighted by Crippen LogP contribution is -2.27. The summed E-state index contributed by atoms with van der Waals surface area (Å²) in [5.41, 5.74) is 0.209. The molecule has 0 saturated heterocycles. The lowest BCUT2D eigenvalue weighted by Gasteiger charge is -2.21. The van der Waals surface area contributed by atoms with E-state index in [4.69, 9.17) is 0 Å². The van der Waals surface area contributed by atoms with Crippen LogP contribution in [0.5, 0.6) is 0 Å². The Morgan fingerprint density at radius 3 is 2.21 bits per heavy atom. The van der Waals surface area contributed by atoms with E-state index in [-0.39, 0.29) is 10.2 Å². The summed E-state index contributed by atoms with van der Waals surface area (Å²) in [4.78, 5) is 0. The zero-order valence-corrected chi connectivity index (χ0v) is 10.5. The van der Waals surface area contributed by atoms with Gasteiger partial charge >= 0.3 is 0 Å². The molecule has 2 nitrogen and oxygen atoms in total. The molecule has 0 aromatic carbocycles. The Labute approximate surface area is 90.5 Å². The van der Waals surface area contributed by atoms with Gasteiger partial charge in [0.2, 0.25) is 0 Å². The molecule has 14 heavy (non-hydrogen) atoms. The van der Waals surface area contributed by atoms with Gasteiger partial charge in [-0.1, -0.05) is 24.2 Å². The minimum atomic E-state index is -1.09. The van der Waals surface area contributed by atoms with Crippen molar-refractivity contribution >= 4 is 17.6 Å². The summed E-state index contributed by atoms with van der Waals surface area (Å²) >= 11 is -1.09. The van der Waals surface area contributed by atoms with Gasteiger partial charge in [-0.3, -0.25) is 0 Å². The molecule has 82 valence electrons. The molecule has 1 unspecified atom stereocenters. The van der Waals surface area contributed by atoms with E-state index in [0.717, 1.165) is 0 Å². The lowest BCUT2D eigenvalue weighted by atomic mass is 9.91. The second-order valence-electron chi connectivity index (χ2n) is 5.46. The highest BCUT2D eigenvalue weighted by molar-refractivity contribution is 7.91. The molecule has 0 bridgehead atoms. The predicted molar refractivity (Wildman–Crippen MR) is 63.0 cm³/mol. The van der Waals surface area contributed by atoms with Gasteiger partial charge in [0.1, 0.15) is 16.1 Å².